The summed E-state index contributed by atoms with van der Waals surface area (Å²) < 4.78 is 8.53. The van der Waals surface area contributed by atoms with Gasteiger partial charge >= 0.3 is 0 Å². The third kappa shape index (κ3) is 3.47. The summed E-state index contributed by atoms with van der Waals surface area (Å²) in [6.45, 7) is 8.52. The highest BCUT2D eigenvalue weighted by Crippen LogP contribution is 2.20. The SMILES string of the molecule is C=C(CC)COc1cc(C)n(-c2cccc(Br)c2)n1. The molecule has 0 spiro atoms. The number of hydrogen-bond donors (Lipinski definition) is 0. The molecule has 0 bridgehead atoms. The number of nitrogens with zero attached hydrogens (tertiary/aromatic N) is 2. The highest BCUT2D eigenvalue weighted by Gasteiger charge is 2.07. The van der Waals surface area contributed by atoms with E-state index in [9.17, 15) is 0 Å². The van der Waals surface area contributed by atoms with Crippen molar-refractivity contribution >= 4 is 15.9 Å². The van der Waals surface area contributed by atoms with Crippen LogP contribution in [-0.4, -0.2) is 16.4 Å². The van der Waals surface area contributed by atoms with Gasteiger partial charge in [-0.15, -0.1) is 5.10 Å². The first-order chi connectivity index (χ1) is 9.10. The Bertz CT molecular complexity index is 590. The first kappa shape index (κ1) is 13.9. The first-order valence-electron chi connectivity index (χ1n) is 6.22. The molecular formula is C15H17BrN2O. The number of aryl methyl sites for hydroxylation is 1. The van der Waals surface area contributed by atoms with Crippen molar-refractivity contribution in [2.24, 2.45) is 0 Å². The van der Waals surface area contributed by atoms with Gasteiger partial charge in [-0.2, -0.15) is 0 Å². The van der Waals surface area contributed by atoms with Gasteiger partial charge in [0.1, 0.15) is 6.61 Å². The van der Waals surface area contributed by atoms with Gasteiger partial charge in [-0.05, 0) is 37.1 Å². The molecule has 100 valence electrons. The van der Waals surface area contributed by atoms with E-state index in [0.29, 0.717) is 12.5 Å². The van der Waals surface area contributed by atoms with Crippen molar-refractivity contribution in [3.63, 3.8) is 0 Å². The van der Waals surface area contributed by atoms with E-state index >= 15 is 0 Å². The number of rotatable bonds is 5. The summed E-state index contributed by atoms with van der Waals surface area (Å²) in [6, 6.07) is 9.95. The molecule has 2 rings (SSSR count). The molecule has 3 nitrogen and oxygen atoms in total. The van der Waals surface area contributed by atoms with Gasteiger partial charge in [0.2, 0.25) is 5.88 Å². The zero-order valence-electron chi connectivity index (χ0n) is 11.2. The van der Waals surface area contributed by atoms with Crippen LogP contribution in [0.5, 0.6) is 5.88 Å². The van der Waals surface area contributed by atoms with Crippen LogP contribution in [-0.2, 0) is 0 Å². The molecule has 0 N–H and O–H groups in total. The standard InChI is InChI=1S/C15H17BrN2O/c1-4-11(2)10-19-15-8-12(3)18(17-15)14-7-5-6-13(16)9-14/h5-9H,2,4,10H2,1,3H3. The van der Waals surface area contributed by atoms with E-state index in [1.165, 1.54) is 0 Å². The van der Waals surface area contributed by atoms with E-state index in [0.717, 1.165) is 27.8 Å². The normalized spacial score (nSPS) is 10.5. The van der Waals surface area contributed by atoms with E-state index in [1.54, 1.807) is 0 Å². The molecule has 2 aromatic rings. The maximum absolute atomic E-state index is 5.63. The van der Waals surface area contributed by atoms with Crippen LogP contribution in [0.2, 0.25) is 0 Å². The number of hydrogen-bond acceptors (Lipinski definition) is 2. The number of ether oxygens (including phenoxy) is 1. The van der Waals surface area contributed by atoms with Crippen LogP contribution in [0.4, 0.5) is 0 Å². The van der Waals surface area contributed by atoms with Crippen molar-refractivity contribution in [1.29, 1.82) is 0 Å². The van der Waals surface area contributed by atoms with Crippen molar-refractivity contribution < 1.29 is 4.74 Å². The predicted octanol–water partition coefficient (Wildman–Crippen LogP) is 4.29. The van der Waals surface area contributed by atoms with Crippen molar-refractivity contribution in [1.82, 2.24) is 9.78 Å². The number of benzene rings is 1. The number of halogens is 1. The summed E-state index contributed by atoms with van der Waals surface area (Å²) in [6.07, 6.45) is 0.922. The van der Waals surface area contributed by atoms with E-state index in [1.807, 2.05) is 41.9 Å². The van der Waals surface area contributed by atoms with E-state index in [4.69, 9.17) is 4.74 Å². The van der Waals surface area contributed by atoms with Crippen molar-refractivity contribution in [2.75, 3.05) is 6.61 Å². The Morgan fingerprint density at radius 1 is 1.42 bits per heavy atom. The van der Waals surface area contributed by atoms with Gasteiger partial charge < -0.3 is 4.74 Å². The summed E-state index contributed by atoms with van der Waals surface area (Å²) in [5, 5.41) is 4.46. The molecule has 0 aliphatic carbocycles. The van der Waals surface area contributed by atoms with Crippen LogP contribution < -0.4 is 4.74 Å². The Morgan fingerprint density at radius 3 is 2.89 bits per heavy atom. The fourth-order valence-corrected chi connectivity index (χ4v) is 2.05. The molecule has 0 amide bonds. The van der Waals surface area contributed by atoms with Gasteiger partial charge in [0, 0.05) is 16.2 Å². The molecule has 19 heavy (non-hydrogen) atoms. The Balaban J connectivity index is 2.19. The van der Waals surface area contributed by atoms with E-state index in [-0.39, 0.29) is 0 Å². The molecule has 0 aliphatic rings. The van der Waals surface area contributed by atoms with E-state index in [2.05, 4.69) is 34.5 Å². The van der Waals surface area contributed by atoms with Crippen LogP contribution in [0.3, 0.4) is 0 Å². The van der Waals surface area contributed by atoms with E-state index < -0.39 is 0 Å². The smallest absolute Gasteiger partial charge is 0.233 e. The molecule has 0 radical (unpaired) electrons. The first-order valence-corrected chi connectivity index (χ1v) is 7.01. The second kappa shape index (κ2) is 6.06. The Kier molecular flexibility index (Phi) is 4.43. The average molecular weight is 321 g/mol. The molecule has 1 aromatic carbocycles. The Hall–Kier alpha value is -1.55. The maximum Gasteiger partial charge on any atom is 0.233 e. The lowest BCUT2D eigenvalue weighted by Crippen LogP contribution is -2.02. The predicted molar refractivity (Wildman–Crippen MR) is 80.9 cm³/mol. The van der Waals surface area contributed by atoms with Crippen molar-refractivity contribution in [2.45, 2.75) is 20.3 Å². The molecule has 1 aromatic heterocycles. The van der Waals surface area contributed by atoms with Crippen molar-refractivity contribution in [3.05, 3.63) is 52.7 Å². The van der Waals surface area contributed by atoms with Gasteiger partial charge in [0.25, 0.3) is 0 Å². The topological polar surface area (TPSA) is 27.1 Å². The van der Waals surface area contributed by atoms with Gasteiger partial charge in [0.05, 0.1) is 5.69 Å². The Labute approximate surface area is 122 Å². The van der Waals surface area contributed by atoms with Crippen LogP contribution >= 0.6 is 15.9 Å². The van der Waals surface area contributed by atoms with Gasteiger partial charge in [-0.25, -0.2) is 4.68 Å². The minimum Gasteiger partial charge on any atom is -0.472 e. The lowest BCUT2D eigenvalue weighted by molar-refractivity contribution is 0.333. The molecule has 0 saturated heterocycles. The zero-order chi connectivity index (χ0) is 13.8. The molecular weight excluding hydrogens is 304 g/mol. The lowest BCUT2D eigenvalue weighted by Gasteiger charge is -2.05. The summed E-state index contributed by atoms with van der Waals surface area (Å²) in [7, 11) is 0. The molecule has 0 fully saturated rings. The highest BCUT2D eigenvalue weighted by molar-refractivity contribution is 9.10. The largest absolute Gasteiger partial charge is 0.472 e. The lowest BCUT2D eigenvalue weighted by atomic mass is 10.2. The molecule has 0 unspecified atom stereocenters. The molecule has 0 aliphatic heterocycles. The quantitative estimate of drug-likeness (QED) is 0.768. The second-order valence-electron chi connectivity index (χ2n) is 4.41. The monoisotopic (exact) mass is 320 g/mol. The summed E-state index contributed by atoms with van der Waals surface area (Å²) >= 11 is 3.47. The average Bonchev–Trinajstić information content (AvgIpc) is 2.77. The molecule has 1 heterocycles. The van der Waals surface area contributed by atoms with Gasteiger partial charge in [-0.1, -0.05) is 35.5 Å². The fraction of sp³-hybridized carbons (Fsp3) is 0.267. The van der Waals surface area contributed by atoms with Crippen molar-refractivity contribution in [3.8, 4) is 11.6 Å². The van der Waals surface area contributed by atoms with Gasteiger partial charge in [0.15, 0.2) is 0 Å². The minimum atomic E-state index is 0.519. The maximum atomic E-state index is 5.63. The Morgan fingerprint density at radius 2 is 2.21 bits per heavy atom. The van der Waals surface area contributed by atoms with Crippen LogP contribution in [0, 0.1) is 6.92 Å². The summed E-state index contributed by atoms with van der Waals surface area (Å²) in [5.74, 6) is 0.632. The third-order valence-electron chi connectivity index (χ3n) is 2.84. The second-order valence-corrected chi connectivity index (χ2v) is 5.32. The van der Waals surface area contributed by atoms with Crippen LogP contribution in [0.15, 0.2) is 47.0 Å². The van der Waals surface area contributed by atoms with Crippen LogP contribution in [0.1, 0.15) is 19.0 Å². The third-order valence-corrected chi connectivity index (χ3v) is 3.34. The molecule has 4 heteroatoms. The molecule has 0 saturated carbocycles. The summed E-state index contributed by atoms with van der Waals surface area (Å²) in [4.78, 5) is 0. The molecule has 0 atom stereocenters. The summed E-state index contributed by atoms with van der Waals surface area (Å²) in [5.41, 5.74) is 3.11. The fourth-order valence-electron chi connectivity index (χ4n) is 1.66. The number of aromatic nitrogens is 2. The van der Waals surface area contributed by atoms with Gasteiger partial charge in [-0.3, -0.25) is 0 Å². The minimum absolute atomic E-state index is 0.519. The zero-order valence-corrected chi connectivity index (χ0v) is 12.8. The van der Waals surface area contributed by atoms with Crippen LogP contribution in [0.25, 0.3) is 5.69 Å². The highest BCUT2D eigenvalue weighted by atomic mass is 79.9.